The lowest BCUT2D eigenvalue weighted by Crippen LogP contribution is -2.47. The molecule has 1 aliphatic rings. The number of halogens is 3. The Balaban J connectivity index is 0.000000321. The van der Waals surface area contributed by atoms with E-state index >= 15 is 0 Å². The summed E-state index contributed by atoms with van der Waals surface area (Å²) in [5, 5.41) is 11.0. The van der Waals surface area contributed by atoms with Crippen molar-refractivity contribution in [3.8, 4) is 11.3 Å². The van der Waals surface area contributed by atoms with Crippen LogP contribution < -0.4 is 0 Å². The average molecular weight is 385 g/mol. The number of nitrogens with zero attached hydrogens (tertiary/aromatic N) is 3. The molecule has 0 spiro atoms. The number of rotatable bonds is 2. The highest BCUT2D eigenvalue weighted by Crippen LogP contribution is 2.20. The van der Waals surface area contributed by atoms with Gasteiger partial charge in [0.25, 0.3) is 5.91 Å². The fourth-order valence-corrected chi connectivity index (χ4v) is 2.29. The predicted molar refractivity (Wildman–Crippen MR) is 89.0 cm³/mol. The van der Waals surface area contributed by atoms with Crippen LogP contribution in [0.5, 0.6) is 0 Å². The molecular formula is C17H18F3N3O4. The lowest BCUT2D eigenvalue weighted by molar-refractivity contribution is -0.192. The molecule has 1 N–H and O–H groups in total. The van der Waals surface area contributed by atoms with E-state index in [0.29, 0.717) is 11.5 Å². The Morgan fingerprint density at radius 2 is 1.67 bits per heavy atom. The molecule has 0 atom stereocenters. The number of likely N-dealkylation sites (N-methyl/N-ethyl adjacent to an activating group) is 1. The second kappa shape index (κ2) is 8.67. The van der Waals surface area contributed by atoms with E-state index in [1.54, 1.807) is 6.07 Å². The minimum atomic E-state index is -5.08. The van der Waals surface area contributed by atoms with Crippen molar-refractivity contribution >= 4 is 11.9 Å². The number of carbonyl (C=O) groups excluding carboxylic acids is 1. The van der Waals surface area contributed by atoms with Crippen molar-refractivity contribution in [3.63, 3.8) is 0 Å². The molecule has 3 rings (SSSR count). The number of hydrogen-bond donors (Lipinski definition) is 1. The molecule has 10 heteroatoms. The number of carboxylic acids is 1. The fraction of sp³-hybridized carbons (Fsp3) is 0.353. The Morgan fingerprint density at radius 3 is 2.19 bits per heavy atom. The van der Waals surface area contributed by atoms with Gasteiger partial charge in [-0.05, 0) is 7.05 Å². The van der Waals surface area contributed by atoms with Gasteiger partial charge in [0.2, 0.25) is 0 Å². The minimum absolute atomic E-state index is 0.0518. The number of alkyl halides is 3. The van der Waals surface area contributed by atoms with Crippen molar-refractivity contribution < 1.29 is 32.4 Å². The van der Waals surface area contributed by atoms with Crippen LogP contribution in [0.1, 0.15) is 10.5 Å². The molecule has 27 heavy (non-hydrogen) atoms. The van der Waals surface area contributed by atoms with Gasteiger partial charge in [0.15, 0.2) is 11.5 Å². The highest BCUT2D eigenvalue weighted by molar-refractivity contribution is 5.93. The zero-order valence-corrected chi connectivity index (χ0v) is 14.4. The number of carbonyl (C=O) groups is 2. The molecule has 0 bridgehead atoms. The molecule has 1 amide bonds. The number of benzene rings is 1. The molecule has 1 aromatic carbocycles. The van der Waals surface area contributed by atoms with Gasteiger partial charge in [-0.2, -0.15) is 13.2 Å². The number of hydrogen-bond acceptors (Lipinski definition) is 5. The van der Waals surface area contributed by atoms with Crippen LogP contribution in [0.25, 0.3) is 11.3 Å². The van der Waals surface area contributed by atoms with Crippen LogP contribution >= 0.6 is 0 Å². The Kier molecular flexibility index (Phi) is 6.56. The second-order valence-corrected chi connectivity index (χ2v) is 5.84. The minimum Gasteiger partial charge on any atom is -0.475 e. The van der Waals surface area contributed by atoms with Crippen molar-refractivity contribution in [1.29, 1.82) is 0 Å². The van der Waals surface area contributed by atoms with Gasteiger partial charge in [-0.3, -0.25) is 4.79 Å². The van der Waals surface area contributed by atoms with Crippen LogP contribution in [0.3, 0.4) is 0 Å². The average Bonchev–Trinajstić information content (AvgIpc) is 3.12. The maximum Gasteiger partial charge on any atom is 0.490 e. The Hall–Kier alpha value is -2.88. The summed E-state index contributed by atoms with van der Waals surface area (Å²) in [7, 11) is 2.06. The summed E-state index contributed by atoms with van der Waals surface area (Å²) in [6.45, 7) is 3.27. The van der Waals surface area contributed by atoms with E-state index in [-0.39, 0.29) is 5.91 Å². The quantitative estimate of drug-likeness (QED) is 0.854. The van der Waals surface area contributed by atoms with Crippen LogP contribution in [0.2, 0.25) is 0 Å². The van der Waals surface area contributed by atoms with Crippen LogP contribution in [0, 0.1) is 0 Å². The number of aromatic nitrogens is 1. The van der Waals surface area contributed by atoms with E-state index in [1.807, 2.05) is 35.2 Å². The van der Waals surface area contributed by atoms with Gasteiger partial charge >= 0.3 is 12.1 Å². The summed E-state index contributed by atoms with van der Waals surface area (Å²) in [4.78, 5) is 25.3. The van der Waals surface area contributed by atoms with Gasteiger partial charge in [0.1, 0.15) is 0 Å². The van der Waals surface area contributed by atoms with E-state index in [4.69, 9.17) is 14.4 Å². The molecule has 0 unspecified atom stereocenters. The molecule has 0 radical (unpaired) electrons. The lowest BCUT2D eigenvalue weighted by atomic mass is 10.1. The van der Waals surface area contributed by atoms with E-state index in [9.17, 15) is 18.0 Å². The summed E-state index contributed by atoms with van der Waals surface area (Å²) in [6, 6.07) is 11.4. The molecule has 0 saturated carbocycles. The Morgan fingerprint density at radius 1 is 1.11 bits per heavy atom. The van der Waals surface area contributed by atoms with E-state index in [0.717, 1.165) is 31.7 Å². The Labute approximate surface area is 153 Å². The monoisotopic (exact) mass is 385 g/mol. The number of aliphatic carboxylic acids is 1. The topological polar surface area (TPSA) is 86.9 Å². The normalized spacial score (nSPS) is 15.0. The van der Waals surface area contributed by atoms with Gasteiger partial charge in [-0.1, -0.05) is 35.5 Å². The molecule has 1 aromatic heterocycles. The first-order valence-corrected chi connectivity index (χ1v) is 7.98. The number of amides is 1. The SMILES string of the molecule is CN1CCN(C(=O)c2cc(-c3ccccc3)on2)CC1.O=C(O)C(F)(F)F. The van der Waals surface area contributed by atoms with Crippen LogP contribution in [0.4, 0.5) is 13.2 Å². The molecule has 1 fully saturated rings. The third-order valence-corrected chi connectivity index (χ3v) is 3.82. The fourth-order valence-electron chi connectivity index (χ4n) is 2.29. The molecule has 2 heterocycles. The molecule has 2 aromatic rings. The van der Waals surface area contributed by atoms with Crippen molar-refractivity contribution in [2.75, 3.05) is 33.2 Å². The van der Waals surface area contributed by atoms with E-state index in [2.05, 4.69) is 17.1 Å². The molecule has 1 aliphatic heterocycles. The van der Waals surface area contributed by atoms with Gasteiger partial charge < -0.3 is 19.4 Å². The highest BCUT2D eigenvalue weighted by atomic mass is 19.4. The summed E-state index contributed by atoms with van der Waals surface area (Å²) in [5.74, 6) is -2.18. The summed E-state index contributed by atoms with van der Waals surface area (Å²) < 4.78 is 37.0. The molecule has 1 saturated heterocycles. The van der Waals surface area contributed by atoms with Gasteiger partial charge in [-0.15, -0.1) is 0 Å². The summed E-state index contributed by atoms with van der Waals surface area (Å²) >= 11 is 0. The van der Waals surface area contributed by atoms with Crippen molar-refractivity contribution in [2.45, 2.75) is 6.18 Å². The highest BCUT2D eigenvalue weighted by Gasteiger charge is 2.38. The number of carboxylic acid groups (broad SMARTS) is 1. The second-order valence-electron chi connectivity index (χ2n) is 5.84. The molecule has 146 valence electrons. The lowest BCUT2D eigenvalue weighted by Gasteiger charge is -2.31. The summed E-state index contributed by atoms with van der Waals surface area (Å²) in [6.07, 6.45) is -5.08. The van der Waals surface area contributed by atoms with Crippen LogP contribution in [-0.4, -0.2) is 71.3 Å². The first kappa shape index (κ1) is 20.4. The number of piperazine rings is 1. The molecule has 0 aliphatic carbocycles. The van der Waals surface area contributed by atoms with Crippen molar-refractivity contribution in [1.82, 2.24) is 15.0 Å². The van der Waals surface area contributed by atoms with Gasteiger partial charge in [0.05, 0.1) is 0 Å². The smallest absolute Gasteiger partial charge is 0.475 e. The molecular weight excluding hydrogens is 367 g/mol. The van der Waals surface area contributed by atoms with Gasteiger partial charge in [0, 0.05) is 37.8 Å². The standard InChI is InChI=1S/C15H17N3O2.C2HF3O2/c1-17-7-9-18(10-8-17)15(19)13-11-14(20-16-13)12-5-3-2-4-6-12;3-2(4,5)1(6)7/h2-6,11H,7-10H2,1H3;(H,6,7). The van der Waals surface area contributed by atoms with Crippen molar-refractivity contribution in [2.24, 2.45) is 0 Å². The van der Waals surface area contributed by atoms with Crippen LogP contribution in [-0.2, 0) is 4.79 Å². The van der Waals surface area contributed by atoms with Crippen molar-refractivity contribution in [3.05, 3.63) is 42.1 Å². The maximum atomic E-state index is 12.3. The maximum absolute atomic E-state index is 12.3. The molecule has 7 nitrogen and oxygen atoms in total. The third-order valence-electron chi connectivity index (χ3n) is 3.82. The first-order valence-electron chi connectivity index (χ1n) is 7.98. The Bertz CT molecular complexity index is 769. The zero-order chi connectivity index (χ0) is 20.0. The van der Waals surface area contributed by atoms with E-state index < -0.39 is 12.1 Å². The van der Waals surface area contributed by atoms with Crippen LogP contribution in [0.15, 0.2) is 40.9 Å². The largest absolute Gasteiger partial charge is 0.490 e. The van der Waals surface area contributed by atoms with Gasteiger partial charge in [-0.25, -0.2) is 4.79 Å². The predicted octanol–water partition coefficient (Wildman–Crippen LogP) is 2.36. The summed E-state index contributed by atoms with van der Waals surface area (Å²) in [5.41, 5.74) is 1.31. The zero-order valence-electron chi connectivity index (χ0n) is 14.4. The van der Waals surface area contributed by atoms with E-state index in [1.165, 1.54) is 0 Å². The third kappa shape index (κ3) is 5.81. The first-order chi connectivity index (χ1) is 12.7.